The van der Waals surface area contributed by atoms with Crippen LogP contribution in [0.15, 0.2) is 42.5 Å². The van der Waals surface area contributed by atoms with Gasteiger partial charge in [0.05, 0.1) is 6.04 Å². The molecule has 5 heteroatoms. The summed E-state index contributed by atoms with van der Waals surface area (Å²) in [7, 11) is 1.99. The van der Waals surface area contributed by atoms with Gasteiger partial charge in [-0.1, -0.05) is 47.6 Å². The van der Waals surface area contributed by atoms with Crippen LogP contribution in [0.3, 0.4) is 0 Å². The van der Waals surface area contributed by atoms with Crippen molar-refractivity contribution in [3.05, 3.63) is 63.6 Å². The Labute approximate surface area is 140 Å². The van der Waals surface area contributed by atoms with E-state index in [0.29, 0.717) is 10.0 Å². The number of benzene rings is 2. The summed E-state index contributed by atoms with van der Waals surface area (Å²) in [5, 5.41) is 1.38. The Morgan fingerprint density at radius 3 is 2.24 bits per heavy atom. The largest absolute Gasteiger partial charge is 0.389 e. The Hall–Kier alpha value is -1.29. The van der Waals surface area contributed by atoms with Gasteiger partial charge in [-0.05, 0) is 42.8 Å². The van der Waals surface area contributed by atoms with E-state index < -0.39 is 0 Å². The second-order valence-corrected chi connectivity index (χ2v) is 6.18. The van der Waals surface area contributed by atoms with E-state index in [4.69, 9.17) is 41.2 Å². The number of hydrogen-bond acceptors (Lipinski definition) is 2. The molecule has 0 heterocycles. The molecule has 0 radical (unpaired) electrons. The maximum atomic E-state index is 6.11. The van der Waals surface area contributed by atoms with Crippen molar-refractivity contribution in [2.45, 2.75) is 13.0 Å². The van der Waals surface area contributed by atoms with Gasteiger partial charge in [-0.25, -0.2) is 0 Å². The van der Waals surface area contributed by atoms with Gasteiger partial charge in [-0.15, -0.1) is 0 Å². The third kappa shape index (κ3) is 3.67. The van der Waals surface area contributed by atoms with E-state index in [2.05, 4.69) is 11.8 Å². The van der Waals surface area contributed by atoms with E-state index in [1.165, 1.54) is 0 Å². The lowest BCUT2D eigenvalue weighted by Crippen LogP contribution is -2.25. The molecule has 0 spiro atoms. The fourth-order valence-corrected chi connectivity index (χ4v) is 2.64. The molecule has 2 N–H and O–H groups in total. The lowest BCUT2D eigenvalue weighted by molar-refractivity contribution is 0.739. The van der Waals surface area contributed by atoms with Crippen LogP contribution < -0.4 is 10.6 Å². The van der Waals surface area contributed by atoms with Crippen molar-refractivity contribution in [3.63, 3.8) is 0 Å². The smallest absolute Gasteiger partial charge is 0.106 e. The lowest BCUT2D eigenvalue weighted by Gasteiger charge is -2.29. The van der Waals surface area contributed by atoms with Crippen LogP contribution in [0.2, 0.25) is 10.0 Å². The number of hydrogen-bond donors (Lipinski definition) is 1. The zero-order valence-corrected chi connectivity index (χ0v) is 14.1. The molecule has 0 fully saturated rings. The first-order valence-corrected chi connectivity index (χ1v) is 7.64. The number of nitrogens with two attached hydrogens (primary N) is 1. The molecule has 0 saturated heterocycles. The molecule has 2 aromatic rings. The molecule has 2 nitrogen and oxygen atoms in total. The first kappa shape index (κ1) is 16.1. The van der Waals surface area contributed by atoms with E-state index >= 15 is 0 Å². The molecule has 0 saturated carbocycles. The summed E-state index contributed by atoms with van der Waals surface area (Å²) in [4.78, 5) is 2.46. The fourth-order valence-electron chi connectivity index (χ4n) is 2.18. The van der Waals surface area contributed by atoms with Crippen molar-refractivity contribution in [2.75, 3.05) is 11.9 Å². The quantitative estimate of drug-likeness (QED) is 0.810. The number of rotatable bonds is 4. The van der Waals surface area contributed by atoms with E-state index in [1.54, 1.807) is 6.07 Å². The molecule has 2 aromatic carbocycles. The molecule has 0 aliphatic carbocycles. The molecular formula is C16H16Cl2N2S. The first-order valence-electron chi connectivity index (χ1n) is 6.48. The minimum Gasteiger partial charge on any atom is -0.389 e. The molecule has 110 valence electrons. The average molecular weight is 339 g/mol. The highest BCUT2D eigenvalue weighted by molar-refractivity contribution is 7.80. The topological polar surface area (TPSA) is 29.3 Å². The van der Waals surface area contributed by atoms with Crippen LogP contribution in [0.5, 0.6) is 0 Å². The van der Waals surface area contributed by atoms with E-state index in [1.807, 2.05) is 43.4 Å². The summed E-state index contributed by atoms with van der Waals surface area (Å²) in [6.07, 6.45) is 0. The summed E-state index contributed by atoms with van der Waals surface area (Å²) < 4.78 is 0. The molecule has 0 aliphatic heterocycles. The van der Waals surface area contributed by atoms with Gasteiger partial charge >= 0.3 is 0 Å². The minimum atomic E-state index is 0.133. The number of halogens is 2. The summed E-state index contributed by atoms with van der Waals surface area (Å²) in [6.45, 7) is 2.10. The summed E-state index contributed by atoms with van der Waals surface area (Å²) in [5.74, 6) is 0. The van der Waals surface area contributed by atoms with Gasteiger partial charge in [-0.2, -0.15) is 0 Å². The Morgan fingerprint density at radius 1 is 1.10 bits per heavy atom. The molecule has 0 amide bonds. The van der Waals surface area contributed by atoms with Crippen LogP contribution in [0.4, 0.5) is 5.69 Å². The van der Waals surface area contributed by atoms with Crippen molar-refractivity contribution >= 4 is 46.1 Å². The summed E-state index contributed by atoms with van der Waals surface area (Å²) >= 11 is 17.2. The maximum absolute atomic E-state index is 6.11. The van der Waals surface area contributed by atoms with Gasteiger partial charge in [0.25, 0.3) is 0 Å². The average Bonchev–Trinajstić information content (AvgIpc) is 2.46. The highest BCUT2D eigenvalue weighted by atomic mass is 35.5. The van der Waals surface area contributed by atoms with Gasteiger partial charge in [0.1, 0.15) is 4.99 Å². The second-order valence-electron chi connectivity index (χ2n) is 4.86. The van der Waals surface area contributed by atoms with Crippen molar-refractivity contribution in [1.82, 2.24) is 0 Å². The molecule has 0 aromatic heterocycles. The van der Waals surface area contributed by atoms with Crippen LogP contribution in [-0.2, 0) is 0 Å². The monoisotopic (exact) mass is 338 g/mol. The zero-order valence-electron chi connectivity index (χ0n) is 11.8. The summed E-state index contributed by atoms with van der Waals surface area (Å²) in [5.41, 5.74) is 8.69. The third-order valence-electron chi connectivity index (χ3n) is 3.54. The second kappa shape index (κ2) is 6.65. The normalized spacial score (nSPS) is 12.0. The van der Waals surface area contributed by atoms with Gasteiger partial charge in [0.15, 0.2) is 0 Å². The zero-order chi connectivity index (χ0) is 15.6. The van der Waals surface area contributed by atoms with Crippen LogP contribution in [0.25, 0.3) is 0 Å². The molecule has 0 bridgehead atoms. The van der Waals surface area contributed by atoms with Gasteiger partial charge in [0, 0.05) is 28.3 Å². The van der Waals surface area contributed by atoms with Gasteiger partial charge in [0.2, 0.25) is 0 Å². The number of anilines is 1. The van der Waals surface area contributed by atoms with Crippen LogP contribution >= 0.6 is 35.4 Å². The Morgan fingerprint density at radius 2 is 1.67 bits per heavy atom. The van der Waals surface area contributed by atoms with E-state index in [0.717, 1.165) is 21.8 Å². The standard InChI is InChI=1S/C16H16Cl2N2S/c1-10(11-3-5-12(17)6-4-11)20(2)15-9-13(18)7-8-14(15)16(19)21/h3-10H,1-2H3,(H2,19,21). The predicted octanol–water partition coefficient (Wildman–Crippen LogP) is 4.83. The van der Waals surface area contributed by atoms with Gasteiger partial charge in [-0.3, -0.25) is 0 Å². The predicted molar refractivity (Wildman–Crippen MR) is 95.6 cm³/mol. The first-order chi connectivity index (χ1) is 9.90. The number of nitrogens with zero attached hydrogens (tertiary/aromatic N) is 1. The summed E-state index contributed by atoms with van der Waals surface area (Å²) in [6, 6.07) is 13.4. The van der Waals surface area contributed by atoms with Crippen molar-refractivity contribution in [2.24, 2.45) is 5.73 Å². The van der Waals surface area contributed by atoms with Crippen LogP contribution in [0.1, 0.15) is 24.1 Å². The Balaban J connectivity index is 2.39. The minimum absolute atomic E-state index is 0.133. The molecule has 21 heavy (non-hydrogen) atoms. The highest BCUT2D eigenvalue weighted by Crippen LogP contribution is 2.31. The Kier molecular flexibility index (Phi) is 5.09. The third-order valence-corrected chi connectivity index (χ3v) is 4.25. The van der Waals surface area contributed by atoms with Crippen molar-refractivity contribution in [1.29, 1.82) is 0 Å². The molecule has 1 unspecified atom stereocenters. The van der Waals surface area contributed by atoms with Crippen molar-refractivity contribution < 1.29 is 0 Å². The van der Waals surface area contributed by atoms with Crippen molar-refractivity contribution in [3.8, 4) is 0 Å². The van der Waals surface area contributed by atoms with Crippen LogP contribution in [-0.4, -0.2) is 12.0 Å². The van der Waals surface area contributed by atoms with Crippen LogP contribution in [0, 0.1) is 0 Å². The lowest BCUT2D eigenvalue weighted by atomic mass is 10.1. The van der Waals surface area contributed by atoms with Gasteiger partial charge < -0.3 is 10.6 Å². The van der Waals surface area contributed by atoms with E-state index in [-0.39, 0.29) is 6.04 Å². The fraction of sp³-hybridized carbons (Fsp3) is 0.188. The SMILES string of the molecule is CC(c1ccc(Cl)cc1)N(C)c1cc(Cl)ccc1C(N)=S. The molecule has 2 rings (SSSR count). The molecule has 1 atom stereocenters. The highest BCUT2D eigenvalue weighted by Gasteiger charge is 2.17. The number of thiocarbonyl (C=S) groups is 1. The molecule has 0 aliphatic rings. The maximum Gasteiger partial charge on any atom is 0.106 e. The van der Waals surface area contributed by atoms with E-state index in [9.17, 15) is 0 Å². The molecular weight excluding hydrogens is 323 g/mol. The Bertz CT molecular complexity index is 656.